The zero-order valence-corrected chi connectivity index (χ0v) is 21.1. The molecule has 3 aliphatic rings. The molecule has 9 nitrogen and oxygen atoms in total. The number of nitrogens with one attached hydrogen (secondary N) is 2. The quantitative estimate of drug-likeness (QED) is 0.389. The Morgan fingerprint density at radius 3 is 2.59 bits per heavy atom. The van der Waals surface area contributed by atoms with Crippen LogP contribution in [-0.2, 0) is 6.54 Å². The minimum atomic E-state index is -0.327. The van der Waals surface area contributed by atoms with Gasteiger partial charge in [-0.25, -0.2) is 19.3 Å². The maximum Gasteiger partial charge on any atom is 0.165 e. The highest BCUT2D eigenvalue weighted by atomic mass is 19.1. The molecule has 6 heterocycles. The lowest BCUT2D eigenvalue weighted by atomic mass is 9.86. The fourth-order valence-electron chi connectivity index (χ4n) is 5.23. The molecule has 7 rings (SSSR count). The number of H-pyrrole nitrogens is 1. The standard InChI is InChI=1S/C27H29FN8O/c1-16-8-24(31-25-9-17(2)33-34-25)32-27(30-16)19-5-7-26(29-12-19)35-14-20-11-21(15-35)36(20)13-18-4-6-22(28)23(10-18)37-3/h4-10,12,20-21H,11,13-15H2,1-3H3,(H2,30,31,32,33,34). The number of methoxy groups -OCH3 is 1. The largest absolute Gasteiger partial charge is 0.494 e. The fourth-order valence-corrected chi connectivity index (χ4v) is 5.23. The van der Waals surface area contributed by atoms with Crippen molar-refractivity contribution in [2.45, 2.75) is 38.9 Å². The molecule has 3 aromatic heterocycles. The van der Waals surface area contributed by atoms with E-state index in [0.29, 0.717) is 35.3 Å². The number of piperazine rings is 1. The number of piperidine rings is 1. The summed E-state index contributed by atoms with van der Waals surface area (Å²) in [7, 11) is 1.50. The van der Waals surface area contributed by atoms with E-state index in [1.165, 1.54) is 19.6 Å². The lowest BCUT2D eigenvalue weighted by Crippen LogP contribution is -2.68. The van der Waals surface area contributed by atoms with Crippen LogP contribution in [0.5, 0.6) is 5.75 Å². The van der Waals surface area contributed by atoms with E-state index in [1.54, 1.807) is 6.07 Å². The topological polar surface area (TPSA) is 95.1 Å². The molecule has 3 aliphatic heterocycles. The number of hydrogen-bond donors (Lipinski definition) is 2. The third-order valence-electron chi connectivity index (χ3n) is 7.07. The number of aromatic amines is 1. The minimum Gasteiger partial charge on any atom is -0.494 e. The van der Waals surface area contributed by atoms with Crippen LogP contribution in [0.15, 0.2) is 48.7 Å². The number of fused-ring (bicyclic) bond motifs is 2. The second kappa shape index (κ2) is 9.44. The summed E-state index contributed by atoms with van der Waals surface area (Å²) in [4.78, 5) is 18.9. The number of halogens is 1. The molecule has 3 fully saturated rings. The molecule has 0 spiro atoms. The molecule has 0 amide bonds. The van der Waals surface area contributed by atoms with Gasteiger partial charge in [-0.2, -0.15) is 5.10 Å². The minimum absolute atomic E-state index is 0.297. The van der Waals surface area contributed by atoms with Gasteiger partial charge < -0.3 is 15.0 Å². The third kappa shape index (κ3) is 4.72. The summed E-state index contributed by atoms with van der Waals surface area (Å²) in [6.45, 7) is 6.53. The van der Waals surface area contributed by atoms with Crippen molar-refractivity contribution in [3.05, 3.63) is 71.4 Å². The van der Waals surface area contributed by atoms with Gasteiger partial charge in [-0.15, -0.1) is 0 Å². The number of hydrogen-bond acceptors (Lipinski definition) is 8. The summed E-state index contributed by atoms with van der Waals surface area (Å²) in [5, 5.41) is 10.4. The maximum absolute atomic E-state index is 13.8. The van der Waals surface area contributed by atoms with Crippen molar-refractivity contribution in [3.8, 4) is 17.1 Å². The van der Waals surface area contributed by atoms with Crippen LogP contribution in [0.25, 0.3) is 11.4 Å². The molecule has 2 N–H and O–H groups in total. The molecule has 0 radical (unpaired) electrons. The lowest BCUT2D eigenvalue weighted by molar-refractivity contribution is -0.00873. The summed E-state index contributed by atoms with van der Waals surface area (Å²) >= 11 is 0. The molecular formula is C27H29FN8O. The predicted molar refractivity (Wildman–Crippen MR) is 140 cm³/mol. The number of pyridine rings is 1. The molecule has 0 saturated carbocycles. The molecule has 10 heteroatoms. The zero-order chi connectivity index (χ0) is 25.5. The van der Waals surface area contributed by atoms with Crippen molar-refractivity contribution in [1.29, 1.82) is 0 Å². The number of anilines is 3. The highest BCUT2D eigenvalue weighted by molar-refractivity contribution is 5.61. The Labute approximate surface area is 214 Å². The first-order valence-electron chi connectivity index (χ1n) is 12.4. The van der Waals surface area contributed by atoms with E-state index >= 15 is 0 Å². The molecule has 2 atom stereocenters. The van der Waals surface area contributed by atoms with Gasteiger partial charge in [0, 0.05) is 67.0 Å². The van der Waals surface area contributed by atoms with Gasteiger partial charge >= 0.3 is 0 Å². The van der Waals surface area contributed by atoms with Gasteiger partial charge in [-0.05, 0) is 50.1 Å². The van der Waals surface area contributed by atoms with Gasteiger partial charge in [0.15, 0.2) is 23.2 Å². The number of nitrogens with zero attached hydrogens (tertiary/aromatic N) is 6. The Hall–Kier alpha value is -4.05. The Morgan fingerprint density at radius 1 is 1.05 bits per heavy atom. The van der Waals surface area contributed by atoms with E-state index in [0.717, 1.165) is 48.0 Å². The summed E-state index contributed by atoms with van der Waals surface area (Å²) in [6, 6.07) is 13.9. The maximum atomic E-state index is 13.8. The second-order valence-electron chi connectivity index (χ2n) is 9.77. The molecular weight excluding hydrogens is 471 g/mol. The smallest absolute Gasteiger partial charge is 0.165 e. The van der Waals surface area contributed by atoms with Crippen LogP contribution >= 0.6 is 0 Å². The van der Waals surface area contributed by atoms with Crippen molar-refractivity contribution in [2.24, 2.45) is 0 Å². The zero-order valence-electron chi connectivity index (χ0n) is 21.1. The van der Waals surface area contributed by atoms with Crippen LogP contribution < -0.4 is 15.0 Å². The molecule has 37 heavy (non-hydrogen) atoms. The SMILES string of the molecule is COc1cc(CN2C3CC2CN(c2ccc(-c4nc(C)cc(Nc5cc(C)[nH]n5)n4)cn2)C3)ccc1F. The second-order valence-corrected chi connectivity index (χ2v) is 9.77. The third-order valence-corrected chi connectivity index (χ3v) is 7.07. The number of aryl methyl sites for hydroxylation is 2. The summed E-state index contributed by atoms with van der Waals surface area (Å²) in [5.41, 5.74) is 3.77. The molecule has 3 saturated heterocycles. The molecule has 0 aliphatic carbocycles. The summed E-state index contributed by atoms with van der Waals surface area (Å²) < 4.78 is 18.9. The van der Waals surface area contributed by atoms with Crippen molar-refractivity contribution in [3.63, 3.8) is 0 Å². The number of benzene rings is 1. The Kier molecular flexibility index (Phi) is 5.96. The van der Waals surface area contributed by atoms with Gasteiger partial charge in [0.05, 0.1) is 7.11 Å². The van der Waals surface area contributed by atoms with E-state index in [1.807, 2.05) is 50.4 Å². The first-order valence-corrected chi connectivity index (χ1v) is 12.4. The first-order chi connectivity index (χ1) is 17.9. The number of aromatic nitrogens is 5. The van der Waals surface area contributed by atoms with E-state index in [4.69, 9.17) is 9.72 Å². The van der Waals surface area contributed by atoms with Gasteiger partial charge in [-0.3, -0.25) is 10.00 Å². The molecule has 190 valence electrons. The lowest BCUT2D eigenvalue weighted by Gasteiger charge is -2.56. The van der Waals surface area contributed by atoms with Gasteiger partial charge in [0.25, 0.3) is 0 Å². The average molecular weight is 501 g/mol. The van der Waals surface area contributed by atoms with Crippen LogP contribution in [0.2, 0.25) is 0 Å². The van der Waals surface area contributed by atoms with E-state index in [2.05, 4.69) is 35.3 Å². The number of ether oxygens (including phenoxy) is 1. The highest BCUT2D eigenvalue weighted by Crippen LogP contribution is 2.36. The van der Waals surface area contributed by atoms with Crippen molar-refractivity contribution in [2.75, 3.05) is 30.4 Å². The van der Waals surface area contributed by atoms with E-state index in [-0.39, 0.29) is 5.82 Å². The Balaban J connectivity index is 1.12. The van der Waals surface area contributed by atoms with E-state index < -0.39 is 0 Å². The molecule has 2 bridgehead atoms. The highest BCUT2D eigenvalue weighted by Gasteiger charge is 2.44. The average Bonchev–Trinajstić information content (AvgIpc) is 3.32. The molecule has 2 unspecified atom stereocenters. The first kappa shape index (κ1) is 23.4. The monoisotopic (exact) mass is 500 g/mol. The van der Waals surface area contributed by atoms with Crippen molar-refractivity contribution in [1.82, 2.24) is 30.0 Å². The summed E-state index contributed by atoms with van der Waals surface area (Å²) in [5.74, 6) is 2.95. The Bertz CT molecular complexity index is 1410. The van der Waals surface area contributed by atoms with Gasteiger partial charge in [0.1, 0.15) is 11.6 Å². The fraction of sp³-hybridized carbons (Fsp3) is 0.333. The summed E-state index contributed by atoms with van der Waals surface area (Å²) in [6.07, 6.45) is 3.02. The Morgan fingerprint density at radius 2 is 1.89 bits per heavy atom. The van der Waals surface area contributed by atoms with Crippen LogP contribution in [0.1, 0.15) is 23.4 Å². The normalized spacial score (nSPS) is 19.0. The molecule has 1 aromatic carbocycles. The van der Waals surface area contributed by atoms with Crippen molar-refractivity contribution >= 4 is 17.5 Å². The van der Waals surface area contributed by atoms with Crippen LogP contribution in [-0.4, -0.2) is 62.3 Å². The van der Waals surface area contributed by atoms with Crippen LogP contribution in [0, 0.1) is 19.7 Å². The van der Waals surface area contributed by atoms with Crippen LogP contribution in [0.4, 0.5) is 21.8 Å². The molecule has 4 aromatic rings. The van der Waals surface area contributed by atoms with Crippen molar-refractivity contribution < 1.29 is 9.13 Å². The predicted octanol–water partition coefficient (Wildman–Crippen LogP) is 4.23. The number of rotatable bonds is 7. The van der Waals surface area contributed by atoms with E-state index in [9.17, 15) is 4.39 Å². The van der Waals surface area contributed by atoms with Crippen LogP contribution in [0.3, 0.4) is 0 Å². The van der Waals surface area contributed by atoms with Gasteiger partial charge in [-0.1, -0.05) is 6.07 Å². The van der Waals surface area contributed by atoms with Gasteiger partial charge in [0.2, 0.25) is 0 Å².